The lowest BCUT2D eigenvalue weighted by Gasteiger charge is -2.23. The standard InChI is InChI=1S/C36H54N3OP/c1-9-11-12-14-26(5)29(8)33(25(3)4)21-18-31-24-39(23-28(31)7)36(40)38-35(13-10-2)34(37)22-15-27(6)30-16-19-32(41)20-17-30/h13,15-22,26,29H,9-12,14,23-24,37,41H2,1-8H3,(H,38,40)/b21-18-,27-15+,34-22+,35-13-. The van der Waals surface area contributed by atoms with Gasteiger partial charge < -0.3 is 16.0 Å². The molecule has 224 valence electrons. The third-order valence-corrected chi connectivity index (χ3v) is 8.50. The molecule has 3 N–H and O–H groups in total. The van der Waals surface area contributed by atoms with Gasteiger partial charge in [-0.3, -0.25) is 0 Å². The Morgan fingerprint density at radius 1 is 1.07 bits per heavy atom. The van der Waals surface area contributed by atoms with Crippen molar-refractivity contribution in [2.24, 2.45) is 17.6 Å². The molecule has 1 aliphatic heterocycles. The van der Waals surface area contributed by atoms with Gasteiger partial charge in [0.25, 0.3) is 0 Å². The molecule has 1 heterocycles. The molecule has 0 saturated heterocycles. The number of amides is 2. The van der Waals surface area contributed by atoms with Crippen LogP contribution in [0, 0.1) is 11.8 Å². The number of benzene rings is 1. The summed E-state index contributed by atoms with van der Waals surface area (Å²) >= 11 is 0. The van der Waals surface area contributed by atoms with Crippen LogP contribution in [-0.2, 0) is 0 Å². The molecule has 41 heavy (non-hydrogen) atoms. The molecule has 0 saturated carbocycles. The molecule has 0 fully saturated rings. The first-order valence-corrected chi connectivity index (χ1v) is 15.9. The molecule has 2 rings (SSSR count). The average Bonchev–Trinajstić information content (AvgIpc) is 3.31. The van der Waals surface area contributed by atoms with Crippen molar-refractivity contribution in [1.29, 1.82) is 0 Å². The van der Waals surface area contributed by atoms with Gasteiger partial charge in [-0.15, -0.1) is 9.24 Å². The minimum atomic E-state index is -0.124. The van der Waals surface area contributed by atoms with E-state index in [-0.39, 0.29) is 6.03 Å². The zero-order valence-corrected chi connectivity index (χ0v) is 28.0. The third-order valence-electron chi connectivity index (χ3n) is 8.11. The molecule has 1 aromatic carbocycles. The van der Waals surface area contributed by atoms with Crippen molar-refractivity contribution in [1.82, 2.24) is 10.2 Å². The highest BCUT2D eigenvalue weighted by Gasteiger charge is 2.24. The molecule has 3 unspecified atom stereocenters. The highest BCUT2D eigenvalue weighted by Crippen LogP contribution is 2.29. The predicted molar refractivity (Wildman–Crippen MR) is 183 cm³/mol. The van der Waals surface area contributed by atoms with Crippen LogP contribution in [0.5, 0.6) is 0 Å². The zero-order valence-electron chi connectivity index (χ0n) is 26.8. The molecular weight excluding hydrogens is 521 g/mol. The van der Waals surface area contributed by atoms with E-state index in [1.54, 1.807) is 0 Å². The fraction of sp³-hybridized carbons (Fsp3) is 0.472. The van der Waals surface area contributed by atoms with Gasteiger partial charge in [0, 0.05) is 13.1 Å². The third kappa shape index (κ3) is 10.8. The van der Waals surface area contributed by atoms with Crippen LogP contribution in [-0.4, -0.2) is 24.0 Å². The highest BCUT2D eigenvalue weighted by molar-refractivity contribution is 7.27. The number of hydrogen-bond donors (Lipinski definition) is 2. The molecule has 0 spiro atoms. The topological polar surface area (TPSA) is 58.4 Å². The molecule has 1 aromatic rings. The zero-order chi connectivity index (χ0) is 30.5. The van der Waals surface area contributed by atoms with Crippen molar-refractivity contribution >= 4 is 26.1 Å². The number of hydrogen-bond acceptors (Lipinski definition) is 2. The maximum Gasteiger partial charge on any atom is 0.322 e. The number of urea groups is 1. The molecular formula is C36H54N3OP. The van der Waals surface area contributed by atoms with E-state index in [0.29, 0.717) is 36.3 Å². The van der Waals surface area contributed by atoms with E-state index in [2.05, 4.69) is 99.4 Å². The quantitative estimate of drug-likeness (QED) is 0.140. The second kappa shape index (κ2) is 17.2. The van der Waals surface area contributed by atoms with Gasteiger partial charge in [-0.25, -0.2) is 4.79 Å². The Labute approximate surface area is 252 Å². The lowest BCUT2D eigenvalue weighted by atomic mass is 9.83. The number of carbonyl (C=O) groups is 1. The van der Waals surface area contributed by atoms with Crippen LogP contribution in [0.4, 0.5) is 4.79 Å². The summed E-state index contributed by atoms with van der Waals surface area (Å²) in [6.07, 6.45) is 16.3. The van der Waals surface area contributed by atoms with E-state index in [4.69, 9.17) is 5.73 Å². The Morgan fingerprint density at radius 2 is 1.76 bits per heavy atom. The molecule has 2 amide bonds. The number of allylic oxidation sites excluding steroid dienone is 7. The van der Waals surface area contributed by atoms with Crippen LogP contribution in [0.25, 0.3) is 5.57 Å². The van der Waals surface area contributed by atoms with Crippen molar-refractivity contribution < 1.29 is 4.79 Å². The summed E-state index contributed by atoms with van der Waals surface area (Å²) in [5.74, 6) is 1.16. The van der Waals surface area contributed by atoms with E-state index in [0.717, 1.165) is 22.9 Å². The Balaban J connectivity index is 2.08. The number of carbonyl (C=O) groups excluding carboxylic acids is 1. The normalized spacial score (nSPS) is 16.4. The van der Waals surface area contributed by atoms with Crippen molar-refractivity contribution in [2.75, 3.05) is 13.1 Å². The maximum absolute atomic E-state index is 13.3. The Hall–Kier alpha value is -2.84. The molecule has 1 aliphatic rings. The Morgan fingerprint density at radius 3 is 2.37 bits per heavy atom. The minimum Gasteiger partial charge on any atom is -0.397 e. The van der Waals surface area contributed by atoms with Crippen LogP contribution < -0.4 is 16.4 Å². The number of rotatable bonds is 13. The number of nitrogens with zero attached hydrogens (tertiary/aromatic N) is 1. The largest absolute Gasteiger partial charge is 0.397 e. The molecule has 0 aliphatic carbocycles. The first-order chi connectivity index (χ1) is 19.5. The summed E-state index contributed by atoms with van der Waals surface area (Å²) in [6.45, 7) is 18.9. The van der Waals surface area contributed by atoms with E-state index in [9.17, 15) is 4.79 Å². The van der Waals surface area contributed by atoms with Crippen molar-refractivity contribution in [3.63, 3.8) is 0 Å². The smallest absolute Gasteiger partial charge is 0.322 e. The van der Waals surface area contributed by atoms with Crippen LogP contribution in [0.15, 0.2) is 88.3 Å². The molecule has 0 radical (unpaired) electrons. The second-order valence-electron chi connectivity index (χ2n) is 11.8. The second-order valence-corrected chi connectivity index (χ2v) is 12.4. The summed E-state index contributed by atoms with van der Waals surface area (Å²) in [5.41, 5.74) is 15.1. The highest BCUT2D eigenvalue weighted by atomic mass is 31.0. The van der Waals surface area contributed by atoms with Crippen molar-refractivity contribution in [3.8, 4) is 0 Å². The SMILES string of the molecule is CC/C=C(NC(=O)N1CC(C)=C(/C=C\C(=C(C)C)C(C)C(C)CCCCC)C1)/C(N)=C\C=C(/C)c1ccc(P)cc1. The van der Waals surface area contributed by atoms with Crippen molar-refractivity contribution in [3.05, 3.63) is 93.9 Å². The lowest BCUT2D eigenvalue weighted by molar-refractivity contribution is 0.213. The van der Waals surface area contributed by atoms with Gasteiger partial charge in [-0.1, -0.05) is 108 Å². The number of nitrogens with one attached hydrogen (secondary N) is 1. The maximum atomic E-state index is 13.3. The lowest BCUT2D eigenvalue weighted by Crippen LogP contribution is -2.39. The van der Waals surface area contributed by atoms with Crippen LogP contribution >= 0.6 is 9.24 Å². The molecule has 4 nitrogen and oxygen atoms in total. The fourth-order valence-corrected chi connectivity index (χ4v) is 5.34. The first kappa shape index (κ1) is 34.4. The van der Waals surface area contributed by atoms with Crippen LogP contribution in [0.2, 0.25) is 0 Å². The Kier molecular flexibility index (Phi) is 14.4. The van der Waals surface area contributed by atoms with Gasteiger partial charge in [0.05, 0.1) is 11.4 Å². The van der Waals surface area contributed by atoms with E-state index in [1.807, 2.05) is 30.1 Å². The summed E-state index contributed by atoms with van der Waals surface area (Å²) < 4.78 is 0. The Bertz CT molecular complexity index is 1210. The fourth-order valence-electron chi connectivity index (χ4n) is 5.15. The molecule has 5 heteroatoms. The van der Waals surface area contributed by atoms with E-state index in [1.165, 1.54) is 48.0 Å². The van der Waals surface area contributed by atoms with Gasteiger partial charge in [-0.05, 0) is 85.2 Å². The molecule has 3 atom stereocenters. The van der Waals surface area contributed by atoms with E-state index >= 15 is 0 Å². The summed E-state index contributed by atoms with van der Waals surface area (Å²) in [7, 11) is 2.70. The van der Waals surface area contributed by atoms with E-state index < -0.39 is 0 Å². The summed E-state index contributed by atoms with van der Waals surface area (Å²) in [6, 6.07) is 8.19. The molecule has 0 aromatic heterocycles. The van der Waals surface area contributed by atoms with Crippen LogP contribution in [0.3, 0.4) is 0 Å². The van der Waals surface area contributed by atoms with Gasteiger partial charge >= 0.3 is 6.03 Å². The van der Waals surface area contributed by atoms with Gasteiger partial charge in [0.1, 0.15) is 0 Å². The number of unbranched alkanes of at least 4 members (excludes halogenated alkanes) is 2. The van der Waals surface area contributed by atoms with Gasteiger partial charge in [0.2, 0.25) is 0 Å². The predicted octanol–water partition coefficient (Wildman–Crippen LogP) is 8.81. The monoisotopic (exact) mass is 575 g/mol. The summed E-state index contributed by atoms with van der Waals surface area (Å²) in [4.78, 5) is 15.2. The van der Waals surface area contributed by atoms with Gasteiger partial charge in [0.15, 0.2) is 0 Å². The van der Waals surface area contributed by atoms with Gasteiger partial charge in [-0.2, -0.15) is 0 Å². The van der Waals surface area contributed by atoms with Crippen LogP contribution in [0.1, 0.15) is 93.1 Å². The average molecular weight is 576 g/mol. The summed E-state index contributed by atoms with van der Waals surface area (Å²) in [5, 5.41) is 4.23. The van der Waals surface area contributed by atoms with Crippen molar-refractivity contribution in [2.45, 2.75) is 87.5 Å². The first-order valence-electron chi connectivity index (χ1n) is 15.3. The minimum absolute atomic E-state index is 0.124. The number of nitrogens with two attached hydrogens (primary N) is 1. The molecule has 0 bridgehead atoms.